The van der Waals surface area contributed by atoms with E-state index >= 15 is 0 Å². The van der Waals surface area contributed by atoms with E-state index in [1.807, 2.05) is 24.3 Å². The standard InChI is InChI=1S/C24H35N5O5/c1-12(2)19(25)23(32)27-14(5)21(30)28-18(22(31)29-20(13(3)4)24(33)34)10-15-11-26-17-9-7-6-8-16(15)17/h6-9,11-14,18-20,26H,10,25H2,1-5H3,(H,27,32)(H,28,30)(H,29,31)(H,33,34). The molecule has 1 heterocycles. The van der Waals surface area contributed by atoms with Crippen LogP contribution in [0.2, 0.25) is 0 Å². The van der Waals surface area contributed by atoms with Gasteiger partial charge < -0.3 is 31.8 Å². The van der Waals surface area contributed by atoms with E-state index in [0.29, 0.717) is 0 Å². The number of hydrogen-bond acceptors (Lipinski definition) is 5. The molecule has 4 unspecified atom stereocenters. The number of rotatable bonds is 11. The molecular weight excluding hydrogens is 438 g/mol. The zero-order valence-corrected chi connectivity index (χ0v) is 20.2. The SMILES string of the molecule is CC(NC(=O)C(N)C(C)C)C(=O)NC(Cc1c[nH]c2ccccc12)C(=O)NC(C(=O)O)C(C)C. The summed E-state index contributed by atoms with van der Waals surface area (Å²) < 4.78 is 0. The Kier molecular flexibility index (Phi) is 9.19. The molecule has 3 amide bonds. The van der Waals surface area contributed by atoms with Gasteiger partial charge in [0, 0.05) is 23.5 Å². The van der Waals surface area contributed by atoms with Crippen LogP contribution in [0.15, 0.2) is 30.5 Å². The van der Waals surface area contributed by atoms with E-state index in [1.165, 1.54) is 6.92 Å². The van der Waals surface area contributed by atoms with E-state index in [2.05, 4.69) is 20.9 Å². The van der Waals surface area contributed by atoms with Crippen molar-refractivity contribution in [3.05, 3.63) is 36.0 Å². The fourth-order valence-electron chi connectivity index (χ4n) is 3.47. The first-order valence-electron chi connectivity index (χ1n) is 11.4. The molecule has 10 nitrogen and oxygen atoms in total. The molecule has 0 bridgehead atoms. The number of nitrogens with two attached hydrogens (primary N) is 1. The molecule has 186 valence electrons. The number of aromatic amines is 1. The summed E-state index contributed by atoms with van der Waals surface area (Å²) in [7, 11) is 0. The summed E-state index contributed by atoms with van der Waals surface area (Å²) in [6.45, 7) is 8.45. The van der Waals surface area contributed by atoms with E-state index in [0.717, 1.165) is 16.5 Å². The third-order valence-corrected chi connectivity index (χ3v) is 5.74. The lowest BCUT2D eigenvalue weighted by Gasteiger charge is -2.25. The molecule has 0 spiro atoms. The van der Waals surface area contributed by atoms with Crippen molar-refractivity contribution in [1.82, 2.24) is 20.9 Å². The third kappa shape index (κ3) is 6.80. The van der Waals surface area contributed by atoms with Crippen molar-refractivity contribution in [1.29, 1.82) is 0 Å². The Morgan fingerprint density at radius 3 is 2.15 bits per heavy atom. The Bertz CT molecular complexity index is 1030. The minimum absolute atomic E-state index is 0.111. The molecule has 0 aliphatic rings. The van der Waals surface area contributed by atoms with Gasteiger partial charge in [-0.1, -0.05) is 45.9 Å². The molecule has 7 N–H and O–H groups in total. The zero-order valence-electron chi connectivity index (χ0n) is 20.2. The predicted octanol–water partition coefficient (Wildman–Crippen LogP) is 0.909. The van der Waals surface area contributed by atoms with Crippen LogP contribution < -0.4 is 21.7 Å². The number of amides is 3. The third-order valence-electron chi connectivity index (χ3n) is 5.74. The van der Waals surface area contributed by atoms with Crippen molar-refractivity contribution in [3.8, 4) is 0 Å². The van der Waals surface area contributed by atoms with Crippen LogP contribution in [0.3, 0.4) is 0 Å². The Hall–Kier alpha value is -3.40. The van der Waals surface area contributed by atoms with Gasteiger partial charge in [-0.15, -0.1) is 0 Å². The topological polar surface area (TPSA) is 166 Å². The Morgan fingerprint density at radius 1 is 0.912 bits per heavy atom. The number of carbonyl (C=O) groups is 4. The first-order chi connectivity index (χ1) is 15.9. The van der Waals surface area contributed by atoms with Gasteiger partial charge >= 0.3 is 5.97 Å². The normalized spacial score (nSPS) is 14.9. The molecular formula is C24H35N5O5. The van der Waals surface area contributed by atoms with Crippen LogP contribution in [0.4, 0.5) is 0 Å². The van der Waals surface area contributed by atoms with Crippen LogP contribution in [-0.2, 0) is 25.6 Å². The summed E-state index contributed by atoms with van der Waals surface area (Å²) in [6.07, 6.45) is 1.87. The second-order valence-electron chi connectivity index (χ2n) is 9.19. The number of carboxylic acids is 1. The fraction of sp³-hybridized carbons (Fsp3) is 0.500. The van der Waals surface area contributed by atoms with Crippen LogP contribution in [0.5, 0.6) is 0 Å². The highest BCUT2D eigenvalue weighted by Gasteiger charge is 2.31. The lowest BCUT2D eigenvalue weighted by Crippen LogP contribution is -2.57. The van der Waals surface area contributed by atoms with Gasteiger partial charge in [-0.3, -0.25) is 14.4 Å². The molecule has 0 aliphatic heterocycles. The van der Waals surface area contributed by atoms with E-state index in [4.69, 9.17) is 5.73 Å². The average molecular weight is 474 g/mol. The van der Waals surface area contributed by atoms with Crippen molar-refractivity contribution in [3.63, 3.8) is 0 Å². The molecule has 2 rings (SSSR count). The van der Waals surface area contributed by atoms with Crippen molar-refractivity contribution < 1.29 is 24.3 Å². The van der Waals surface area contributed by atoms with Crippen molar-refractivity contribution in [2.45, 2.75) is 65.2 Å². The van der Waals surface area contributed by atoms with Crippen molar-refractivity contribution in [2.75, 3.05) is 0 Å². The van der Waals surface area contributed by atoms with Gasteiger partial charge in [-0.05, 0) is 30.4 Å². The van der Waals surface area contributed by atoms with Crippen molar-refractivity contribution in [2.24, 2.45) is 17.6 Å². The maximum Gasteiger partial charge on any atom is 0.326 e. The molecule has 4 atom stereocenters. The molecule has 34 heavy (non-hydrogen) atoms. The number of benzene rings is 1. The summed E-state index contributed by atoms with van der Waals surface area (Å²) >= 11 is 0. The zero-order chi connectivity index (χ0) is 25.6. The molecule has 0 radical (unpaired) electrons. The summed E-state index contributed by atoms with van der Waals surface area (Å²) in [4.78, 5) is 52.9. The first-order valence-corrected chi connectivity index (χ1v) is 11.4. The number of aliphatic carboxylic acids is 1. The Labute approximate surface area is 199 Å². The lowest BCUT2D eigenvalue weighted by atomic mass is 10.0. The summed E-state index contributed by atoms with van der Waals surface area (Å²) in [5.74, 6) is -3.32. The van der Waals surface area contributed by atoms with E-state index < -0.39 is 47.9 Å². The van der Waals surface area contributed by atoms with Crippen LogP contribution >= 0.6 is 0 Å². The van der Waals surface area contributed by atoms with E-state index in [9.17, 15) is 24.3 Å². The highest BCUT2D eigenvalue weighted by atomic mass is 16.4. The van der Waals surface area contributed by atoms with Crippen LogP contribution in [-0.4, -0.2) is 57.9 Å². The lowest BCUT2D eigenvalue weighted by molar-refractivity contribution is -0.143. The number of carbonyl (C=O) groups excluding carboxylic acids is 3. The highest BCUT2D eigenvalue weighted by molar-refractivity contribution is 5.94. The molecule has 0 saturated heterocycles. The second kappa shape index (κ2) is 11.6. The van der Waals surface area contributed by atoms with Crippen LogP contribution in [0.1, 0.15) is 40.2 Å². The summed E-state index contributed by atoms with van der Waals surface area (Å²) in [5.41, 5.74) is 7.50. The van der Waals surface area contributed by atoms with Gasteiger partial charge in [0.1, 0.15) is 18.1 Å². The monoisotopic (exact) mass is 473 g/mol. The number of fused-ring (bicyclic) bond motifs is 1. The number of para-hydroxylation sites is 1. The molecule has 1 aromatic heterocycles. The van der Waals surface area contributed by atoms with Gasteiger partial charge in [-0.25, -0.2) is 4.79 Å². The Morgan fingerprint density at radius 2 is 1.56 bits per heavy atom. The molecule has 0 fully saturated rings. The first kappa shape index (κ1) is 26.8. The molecule has 10 heteroatoms. The van der Waals surface area contributed by atoms with E-state index in [-0.39, 0.29) is 18.3 Å². The van der Waals surface area contributed by atoms with Gasteiger partial charge in [0.15, 0.2) is 0 Å². The highest BCUT2D eigenvalue weighted by Crippen LogP contribution is 2.19. The molecule has 1 aromatic carbocycles. The van der Waals surface area contributed by atoms with Crippen LogP contribution in [0.25, 0.3) is 10.9 Å². The maximum atomic E-state index is 13.1. The second-order valence-corrected chi connectivity index (χ2v) is 9.19. The molecule has 0 saturated carbocycles. The van der Waals surface area contributed by atoms with Crippen LogP contribution in [0, 0.1) is 11.8 Å². The largest absolute Gasteiger partial charge is 0.480 e. The molecule has 0 aliphatic carbocycles. The number of hydrogen-bond donors (Lipinski definition) is 6. The van der Waals surface area contributed by atoms with Crippen molar-refractivity contribution >= 4 is 34.6 Å². The predicted molar refractivity (Wildman–Crippen MR) is 129 cm³/mol. The minimum atomic E-state index is -1.16. The maximum absolute atomic E-state index is 13.1. The average Bonchev–Trinajstić information content (AvgIpc) is 3.18. The fourth-order valence-corrected chi connectivity index (χ4v) is 3.47. The van der Waals surface area contributed by atoms with Gasteiger partial charge in [0.2, 0.25) is 17.7 Å². The Balaban J connectivity index is 2.23. The minimum Gasteiger partial charge on any atom is -0.480 e. The number of aromatic nitrogens is 1. The number of nitrogens with one attached hydrogen (secondary N) is 4. The summed E-state index contributed by atoms with van der Waals surface area (Å²) in [5, 5.41) is 18.1. The van der Waals surface area contributed by atoms with Gasteiger partial charge in [0.05, 0.1) is 6.04 Å². The number of H-pyrrole nitrogens is 1. The smallest absolute Gasteiger partial charge is 0.326 e. The quantitative estimate of drug-likeness (QED) is 0.284. The molecule has 2 aromatic rings. The van der Waals surface area contributed by atoms with Gasteiger partial charge in [-0.2, -0.15) is 0 Å². The van der Waals surface area contributed by atoms with E-state index in [1.54, 1.807) is 33.9 Å². The van der Waals surface area contributed by atoms with Gasteiger partial charge in [0.25, 0.3) is 0 Å². The number of carboxylic acid groups (broad SMARTS) is 1. The summed E-state index contributed by atoms with van der Waals surface area (Å²) in [6, 6.07) is 3.62.